The van der Waals surface area contributed by atoms with E-state index in [0.717, 1.165) is 0 Å². The molecular formula is C5H11INO2-. The van der Waals surface area contributed by atoms with E-state index < -0.39 is 11.5 Å². The van der Waals surface area contributed by atoms with Crippen molar-refractivity contribution in [2.45, 2.75) is 19.4 Å². The van der Waals surface area contributed by atoms with E-state index >= 15 is 0 Å². The van der Waals surface area contributed by atoms with Gasteiger partial charge < -0.3 is 0 Å². The minimum absolute atomic E-state index is 0.317. The second-order valence-electron chi connectivity index (χ2n) is 2.11. The summed E-state index contributed by atoms with van der Waals surface area (Å²) in [6, 6.07) is 0. The number of nitrogens with two attached hydrogens (primary N) is 1. The molecule has 0 aliphatic carbocycles. The first-order valence-corrected chi connectivity index (χ1v) is 5.52. The predicted octanol–water partition coefficient (Wildman–Crippen LogP) is -3.10. The van der Waals surface area contributed by atoms with Crippen molar-refractivity contribution in [2.75, 3.05) is 4.93 Å². The third-order valence-electron chi connectivity index (χ3n) is 0.863. The van der Waals surface area contributed by atoms with Gasteiger partial charge in [-0.3, -0.25) is 0 Å². The van der Waals surface area contributed by atoms with Crippen molar-refractivity contribution in [1.82, 2.24) is 0 Å². The van der Waals surface area contributed by atoms with Crippen LogP contribution < -0.4 is 27.4 Å². The molecule has 0 aromatic rings. The van der Waals surface area contributed by atoms with Crippen LogP contribution in [0.25, 0.3) is 0 Å². The molecule has 3 nitrogen and oxygen atoms in total. The number of carbonyl (C=O) groups excluding carboxylic acids is 1. The first-order valence-electron chi connectivity index (χ1n) is 2.48. The zero-order chi connectivity index (χ0) is 7.49. The van der Waals surface area contributed by atoms with Gasteiger partial charge in [-0.1, -0.05) is 0 Å². The minimum atomic E-state index is -0.762. The summed E-state index contributed by atoms with van der Waals surface area (Å²) in [6.45, 7) is 3.36. The van der Waals surface area contributed by atoms with Crippen LogP contribution in [0.4, 0.5) is 0 Å². The Labute approximate surface area is 65.8 Å². The van der Waals surface area contributed by atoms with Crippen LogP contribution in [0, 0.1) is 0 Å². The Balaban J connectivity index is 3.85. The Morgan fingerprint density at radius 3 is 2.22 bits per heavy atom. The maximum absolute atomic E-state index is 10.5. The van der Waals surface area contributed by atoms with Gasteiger partial charge in [-0.25, -0.2) is 0 Å². The number of halogens is 1. The van der Waals surface area contributed by atoms with Gasteiger partial charge in [0.25, 0.3) is 0 Å². The summed E-state index contributed by atoms with van der Waals surface area (Å²) in [5, 5.41) is 0. The molecular weight excluding hydrogens is 233 g/mol. The molecule has 0 heterocycles. The maximum atomic E-state index is 10.5. The van der Waals surface area contributed by atoms with Gasteiger partial charge in [-0.2, -0.15) is 0 Å². The summed E-state index contributed by atoms with van der Waals surface area (Å²) >= 11 is -0.317. The molecule has 9 heavy (non-hydrogen) atoms. The topological polar surface area (TPSA) is 52.3 Å². The van der Waals surface area contributed by atoms with Crippen LogP contribution in [-0.4, -0.2) is 16.4 Å². The van der Waals surface area contributed by atoms with Crippen LogP contribution in [0.5, 0.6) is 0 Å². The van der Waals surface area contributed by atoms with Gasteiger partial charge in [0, 0.05) is 0 Å². The molecule has 0 atom stereocenters. The van der Waals surface area contributed by atoms with E-state index in [2.05, 4.69) is 0 Å². The van der Waals surface area contributed by atoms with Gasteiger partial charge in [-0.15, -0.1) is 0 Å². The Bertz CT molecular complexity index is 114. The van der Waals surface area contributed by atoms with Crippen LogP contribution in [-0.2, 0) is 7.86 Å². The molecule has 0 aromatic heterocycles. The number of primary amides is 1. The molecule has 0 aromatic carbocycles. The fourth-order valence-corrected chi connectivity index (χ4v) is 1.55. The van der Waals surface area contributed by atoms with Gasteiger partial charge in [0.05, 0.1) is 0 Å². The van der Waals surface area contributed by atoms with Crippen molar-refractivity contribution in [2.24, 2.45) is 5.73 Å². The van der Waals surface area contributed by atoms with E-state index in [1.54, 1.807) is 13.8 Å². The van der Waals surface area contributed by atoms with E-state index in [-0.39, 0.29) is 21.6 Å². The monoisotopic (exact) mass is 244 g/mol. The quantitative estimate of drug-likeness (QED) is 0.422. The third kappa shape index (κ3) is 3.00. The molecule has 0 aliphatic heterocycles. The van der Waals surface area contributed by atoms with Crippen molar-refractivity contribution < 1.29 is 29.5 Å². The second kappa shape index (κ2) is 3.36. The molecule has 1 amide bonds. The fraction of sp³-hybridized carbons (Fsp3) is 0.800. The molecule has 0 radical (unpaired) electrons. The molecule has 0 aliphatic rings. The van der Waals surface area contributed by atoms with Crippen LogP contribution in [0.3, 0.4) is 0 Å². The molecule has 0 fully saturated rings. The van der Waals surface area contributed by atoms with E-state index in [9.17, 15) is 4.79 Å². The molecule has 0 saturated heterocycles. The molecule has 56 valence electrons. The Morgan fingerprint density at radius 2 is 2.11 bits per heavy atom. The standard InChI is InChI=1S/C5H11INO2/c1-5(2,4(7)8)9-6-3/h1-3H3,(H2,7,8)/q-1. The summed E-state index contributed by atoms with van der Waals surface area (Å²) in [6.07, 6.45) is 0. The third-order valence-corrected chi connectivity index (χ3v) is 2.40. The molecule has 0 rings (SSSR count). The first kappa shape index (κ1) is 9.16. The molecule has 4 heteroatoms. The Hall–Kier alpha value is 0.160. The molecule has 2 N–H and O–H groups in total. The molecule has 0 bridgehead atoms. The second-order valence-corrected chi connectivity index (χ2v) is 3.43. The van der Waals surface area contributed by atoms with Crippen molar-refractivity contribution in [1.29, 1.82) is 0 Å². The van der Waals surface area contributed by atoms with Crippen molar-refractivity contribution >= 4 is 5.91 Å². The van der Waals surface area contributed by atoms with Crippen molar-refractivity contribution in [3.05, 3.63) is 0 Å². The van der Waals surface area contributed by atoms with Crippen LogP contribution >= 0.6 is 0 Å². The number of hydrogen-bond donors (Lipinski definition) is 1. The van der Waals surface area contributed by atoms with E-state index in [1.807, 2.05) is 4.93 Å². The van der Waals surface area contributed by atoms with Crippen LogP contribution in [0.2, 0.25) is 0 Å². The fourth-order valence-electron chi connectivity index (χ4n) is 0.231. The summed E-state index contributed by atoms with van der Waals surface area (Å²) in [5.74, 6) is -0.399. The van der Waals surface area contributed by atoms with E-state index in [0.29, 0.717) is 0 Å². The zero-order valence-electron chi connectivity index (χ0n) is 5.77. The number of carbonyl (C=O) groups is 1. The van der Waals surface area contributed by atoms with E-state index in [1.165, 1.54) is 0 Å². The average molecular weight is 244 g/mol. The summed E-state index contributed by atoms with van der Waals surface area (Å²) < 4.78 is 5.13. The molecule has 0 unspecified atom stereocenters. The number of rotatable bonds is 3. The Morgan fingerprint density at radius 1 is 1.67 bits per heavy atom. The summed E-state index contributed by atoms with van der Waals surface area (Å²) in [4.78, 5) is 12.5. The number of alkyl halides is 1. The predicted molar refractivity (Wildman–Crippen MR) is 30.3 cm³/mol. The average Bonchev–Trinajstić information content (AvgIpc) is 1.65. The van der Waals surface area contributed by atoms with Crippen molar-refractivity contribution in [3.8, 4) is 0 Å². The number of hydrogen-bond acceptors (Lipinski definition) is 2. The van der Waals surface area contributed by atoms with Gasteiger partial charge in [0.2, 0.25) is 0 Å². The molecule has 0 saturated carbocycles. The normalized spacial score (nSPS) is 11.9. The Kier molecular flexibility index (Phi) is 3.42. The summed E-state index contributed by atoms with van der Waals surface area (Å²) in [5.41, 5.74) is 4.25. The summed E-state index contributed by atoms with van der Waals surface area (Å²) in [7, 11) is 0. The van der Waals surface area contributed by atoms with E-state index in [4.69, 9.17) is 8.80 Å². The first-order chi connectivity index (χ1) is 4.00. The molecule has 0 spiro atoms. The van der Waals surface area contributed by atoms with Gasteiger partial charge >= 0.3 is 65.5 Å². The number of amides is 1. The SMILES string of the molecule is C[I-]OC(C)(C)C(N)=O. The van der Waals surface area contributed by atoms with Crippen LogP contribution in [0.1, 0.15) is 13.8 Å². The van der Waals surface area contributed by atoms with Gasteiger partial charge in [0.15, 0.2) is 0 Å². The zero-order valence-corrected chi connectivity index (χ0v) is 7.93. The van der Waals surface area contributed by atoms with Crippen molar-refractivity contribution in [3.63, 3.8) is 0 Å². The van der Waals surface area contributed by atoms with Crippen LogP contribution in [0.15, 0.2) is 0 Å². The van der Waals surface area contributed by atoms with Gasteiger partial charge in [-0.05, 0) is 0 Å². The van der Waals surface area contributed by atoms with Gasteiger partial charge in [0.1, 0.15) is 0 Å².